The molecule has 0 aliphatic carbocycles. The summed E-state index contributed by atoms with van der Waals surface area (Å²) in [5.74, 6) is 0.150. The summed E-state index contributed by atoms with van der Waals surface area (Å²) in [6, 6.07) is 6.24. The molecule has 0 fully saturated rings. The first kappa shape index (κ1) is 13.8. The zero-order valence-electron chi connectivity index (χ0n) is 9.73. The Labute approximate surface area is 118 Å². The van der Waals surface area contributed by atoms with Crippen molar-refractivity contribution in [1.29, 1.82) is 0 Å². The minimum Gasteiger partial charge on any atom is -0.370 e. The molecule has 1 aromatic heterocycles. The number of nitrogens with two attached hydrogens (primary N) is 2. The third kappa shape index (κ3) is 3.12. The van der Waals surface area contributed by atoms with Crippen LogP contribution in [0.15, 0.2) is 29.4 Å². The van der Waals surface area contributed by atoms with Crippen molar-refractivity contribution < 1.29 is 0 Å². The monoisotopic (exact) mass is 344 g/mol. The summed E-state index contributed by atoms with van der Waals surface area (Å²) < 4.78 is 0. The molecule has 92 valence electrons. The molecule has 0 bridgehead atoms. The number of rotatable bonds is 3. The van der Waals surface area contributed by atoms with Crippen LogP contribution in [-0.2, 0) is 6.42 Å². The van der Waals surface area contributed by atoms with E-state index in [4.69, 9.17) is 11.5 Å². The molecule has 1 aromatic carbocycles. The van der Waals surface area contributed by atoms with Crippen molar-refractivity contribution >= 4 is 40.8 Å². The summed E-state index contributed by atoms with van der Waals surface area (Å²) in [5, 5.41) is 1.29. The molecule has 0 spiro atoms. The number of guanidine groups is 1. The molecule has 2 rings (SSSR count). The van der Waals surface area contributed by atoms with Crippen LogP contribution >= 0.6 is 24.0 Å². The highest BCUT2D eigenvalue weighted by Crippen LogP contribution is 2.22. The smallest absolute Gasteiger partial charge is 0.185 e. The molecule has 4 nitrogen and oxygen atoms in total. The van der Waals surface area contributed by atoms with Crippen LogP contribution in [0.4, 0.5) is 0 Å². The Morgan fingerprint density at radius 3 is 2.82 bits per heavy atom. The number of fused-ring (bicyclic) bond motifs is 1. The van der Waals surface area contributed by atoms with Crippen LogP contribution in [0.1, 0.15) is 11.1 Å². The highest BCUT2D eigenvalue weighted by molar-refractivity contribution is 14.0. The van der Waals surface area contributed by atoms with Gasteiger partial charge in [0.2, 0.25) is 0 Å². The molecule has 0 saturated carbocycles. The van der Waals surface area contributed by atoms with E-state index in [9.17, 15) is 0 Å². The van der Waals surface area contributed by atoms with E-state index >= 15 is 0 Å². The fraction of sp³-hybridized carbons (Fsp3) is 0.250. The van der Waals surface area contributed by atoms with E-state index in [1.54, 1.807) is 0 Å². The average Bonchev–Trinajstić information content (AvgIpc) is 2.62. The molecule has 5 N–H and O–H groups in total. The van der Waals surface area contributed by atoms with Crippen LogP contribution in [0, 0.1) is 6.92 Å². The lowest BCUT2D eigenvalue weighted by atomic mass is 10.1. The maximum atomic E-state index is 5.29. The van der Waals surface area contributed by atoms with Crippen molar-refractivity contribution in [2.75, 3.05) is 6.54 Å². The molecule has 0 aliphatic heterocycles. The first-order valence-electron chi connectivity index (χ1n) is 5.29. The lowest BCUT2D eigenvalue weighted by Crippen LogP contribution is -2.23. The Hall–Kier alpha value is -1.24. The van der Waals surface area contributed by atoms with E-state index in [-0.39, 0.29) is 29.9 Å². The topological polar surface area (TPSA) is 80.2 Å². The highest BCUT2D eigenvalue weighted by Gasteiger charge is 2.04. The fourth-order valence-corrected chi connectivity index (χ4v) is 1.95. The standard InChI is InChI=1S/C12H16N4.HI/c1-8-3-2-4-10-11(8)9(7-16-10)5-6-15-12(13)14;/h2-4,7,16H,5-6H2,1H3,(H4,13,14,15);1H. The Morgan fingerprint density at radius 2 is 2.12 bits per heavy atom. The lowest BCUT2D eigenvalue weighted by molar-refractivity contribution is 0.969. The lowest BCUT2D eigenvalue weighted by Gasteiger charge is -2.00. The van der Waals surface area contributed by atoms with Crippen molar-refractivity contribution in [3.8, 4) is 0 Å². The normalized spacial score (nSPS) is 9.94. The zero-order valence-corrected chi connectivity index (χ0v) is 12.1. The number of nitrogens with zero attached hydrogens (tertiary/aromatic N) is 1. The number of nitrogens with one attached hydrogen (secondary N) is 1. The van der Waals surface area contributed by atoms with Gasteiger partial charge in [-0.3, -0.25) is 4.99 Å². The van der Waals surface area contributed by atoms with E-state index in [0.29, 0.717) is 6.54 Å². The van der Waals surface area contributed by atoms with Gasteiger partial charge in [0.05, 0.1) is 0 Å². The predicted octanol–water partition coefficient (Wildman–Crippen LogP) is 1.91. The van der Waals surface area contributed by atoms with Crippen LogP contribution in [0.2, 0.25) is 0 Å². The van der Waals surface area contributed by atoms with E-state index in [1.165, 1.54) is 22.0 Å². The van der Waals surface area contributed by atoms with Crippen LogP contribution in [0.5, 0.6) is 0 Å². The third-order valence-corrected chi connectivity index (χ3v) is 2.67. The van der Waals surface area contributed by atoms with Gasteiger partial charge < -0.3 is 16.5 Å². The number of hydrogen-bond donors (Lipinski definition) is 3. The van der Waals surface area contributed by atoms with Gasteiger partial charge in [0.1, 0.15) is 0 Å². The number of H-pyrrole nitrogens is 1. The number of aromatic nitrogens is 1. The van der Waals surface area contributed by atoms with Crippen molar-refractivity contribution in [2.45, 2.75) is 13.3 Å². The Balaban J connectivity index is 0.00000144. The quantitative estimate of drug-likeness (QED) is 0.452. The van der Waals surface area contributed by atoms with Gasteiger partial charge in [0.15, 0.2) is 5.96 Å². The van der Waals surface area contributed by atoms with Gasteiger partial charge in [-0.2, -0.15) is 0 Å². The van der Waals surface area contributed by atoms with Crippen LogP contribution in [-0.4, -0.2) is 17.5 Å². The number of aromatic amines is 1. The third-order valence-electron chi connectivity index (χ3n) is 2.67. The number of benzene rings is 1. The van der Waals surface area contributed by atoms with Crippen molar-refractivity contribution in [3.63, 3.8) is 0 Å². The first-order chi connectivity index (χ1) is 7.68. The van der Waals surface area contributed by atoms with Crippen molar-refractivity contribution in [1.82, 2.24) is 4.98 Å². The summed E-state index contributed by atoms with van der Waals surface area (Å²) in [4.78, 5) is 7.25. The second kappa shape index (κ2) is 5.90. The summed E-state index contributed by atoms with van der Waals surface area (Å²) in [6.45, 7) is 2.74. The predicted molar refractivity (Wildman–Crippen MR) is 82.8 cm³/mol. The molecule has 5 heteroatoms. The molecular formula is C12H17IN4. The second-order valence-corrected chi connectivity index (χ2v) is 3.87. The minimum atomic E-state index is 0. The van der Waals surface area contributed by atoms with Crippen molar-refractivity contribution in [2.24, 2.45) is 16.5 Å². The Morgan fingerprint density at radius 1 is 1.35 bits per heavy atom. The van der Waals surface area contributed by atoms with E-state index in [1.807, 2.05) is 12.3 Å². The summed E-state index contributed by atoms with van der Waals surface area (Å²) in [5.41, 5.74) is 14.3. The Kier molecular flexibility index (Phi) is 4.80. The molecule has 17 heavy (non-hydrogen) atoms. The number of halogens is 1. The molecule has 0 unspecified atom stereocenters. The molecule has 1 heterocycles. The summed E-state index contributed by atoms with van der Waals surface area (Å²) >= 11 is 0. The van der Waals surface area contributed by atoms with Crippen LogP contribution in [0.3, 0.4) is 0 Å². The molecule has 0 aliphatic rings. The molecule has 0 atom stereocenters. The second-order valence-electron chi connectivity index (χ2n) is 3.87. The van der Waals surface area contributed by atoms with Crippen LogP contribution < -0.4 is 11.5 Å². The SMILES string of the molecule is Cc1cccc2[nH]cc(CCN=C(N)N)c12.I. The van der Waals surface area contributed by atoms with Gasteiger partial charge in [-0.1, -0.05) is 12.1 Å². The van der Waals surface area contributed by atoms with Gasteiger partial charge in [0.25, 0.3) is 0 Å². The molecule has 0 amide bonds. The number of aliphatic imine (C=N–C) groups is 1. The molecule has 0 radical (unpaired) electrons. The maximum absolute atomic E-state index is 5.29. The molecule has 2 aromatic rings. The van der Waals surface area contributed by atoms with E-state index in [0.717, 1.165) is 6.42 Å². The summed E-state index contributed by atoms with van der Waals surface area (Å²) in [6.07, 6.45) is 2.88. The van der Waals surface area contributed by atoms with Crippen LogP contribution in [0.25, 0.3) is 10.9 Å². The van der Waals surface area contributed by atoms with Crippen molar-refractivity contribution in [3.05, 3.63) is 35.5 Å². The number of aryl methyl sites for hydroxylation is 1. The fourth-order valence-electron chi connectivity index (χ4n) is 1.95. The zero-order chi connectivity index (χ0) is 11.5. The van der Waals surface area contributed by atoms with Gasteiger partial charge >= 0.3 is 0 Å². The molecule has 0 saturated heterocycles. The average molecular weight is 344 g/mol. The van der Waals surface area contributed by atoms with Gasteiger partial charge in [-0.25, -0.2) is 0 Å². The highest BCUT2D eigenvalue weighted by atomic mass is 127. The minimum absolute atomic E-state index is 0. The van der Waals surface area contributed by atoms with Gasteiger partial charge in [0, 0.05) is 23.6 Å². The van der Waals surface area contributed by atoms with E-state index in [2.05, 4.69) is 29.0 Å². The largest absolute Gasteiger partial charge is 0.370 e. The number of hydrogen-bond acceptors (Lipinski definition) is 1. The summed E-state index contributed by atoms with van der Waals surface area (Å²) in [7, 11) is 0. The Bertz CT molecular complexity index is 526. The van der Waals surface area contributed by atoms with Gasteiger partial charge in [-0.05, 0) is 30.5 Å². The molecular weight excluding hydrogens is 327 g/mol. The first-order valence-corrected chi connectivity index (χ1v) is 5.29. The maximum Gasteiger partial charge on any atom is 0.185 e. The van der Waals surface area contributed by atoms with E-state index < -0.39 is 0 Å². The van der Waals surface area contributed by atoms with Gasteiger partial charge in [-0.15, -0.1) is 24.0 Å².